The first kappa shape index (κ1) is 17.4. The van der Waals surface area contributed by atoms with Gasteiger partial charge in [0.25, 0.3) is 0 Å². The molecule has 3 nitrogen and oxygen atoms in total. The maximum Gasteiger partial charge on any atom is 0.223 e. The lowest BCUT2D eigenvalue weighted by Gasteiger charge is -2.15. The lowest BCUT2D eigenvalue weighted by Crippen LogP contribution is -2.28. The van der Waals surface area contributed by atoms with Gasteiger partial charge in [-0.1, -0.05) is 51.3 Å². The molecule has 0 amide bonds. The molecule has 1 unspecified atom stereocenters. The fourth-order valence-electron chi connectivity index (χ4n) is 2.12. The maximum atomic E-state index is 4.60. The maximum absolute atomic E-state index is 4.60. The summed E-state index contributed by atoms with van der Waals surface area (Å²) < 4.78 is 0. The van der Waals surface area contributed by atoms with Gasteiger partial charge in [0.15, 0.2) is 0 Å². The van der Waals surface area contributed by atoms with Gasteiger partial charge in [0.05, 0.1) is 5.69 Å². The van der Waals surface area contributed by atoms with Crippen molar-refractivity contribution in [3.05, 3.63) is 30.3 Å². The number of para-hydroxylation sites is 1. The van der Waals surface area contributed by atoms with E-state index in [1.54, 1.807) is 0 Å². The number of guanidine groups is 1. The molecule has 1 N–H and O–H groups in total. The minimum atomic E-state index is 0.693. The second-order valence-electron chi connectivity index (χ2n) is 5.63. The highest BCUT2D eigenvalue weighted by Crippen LogP contribution is 2.13. The molecule has 116 valence electrons. The molecule has 1 rings (SSSR count). The van der Waals surface area contributed by atoms with E-state index in [4.69, 9.17) is 0 Å². The molecule has 0 saturated heterocycles. The monoisotopic (exact) mass is 287 g/mol. The molecular formula is C18H29N3. The SMILES string of the molecule is CCCCC(CC)CN/C(N=C(C)C)=N/c1ccccc1. The summed E-state index contributed by atoms with van der Waals surface area (Å²) in [4.78, 5) is 9.12. The van der Waals surface area contributed by atoms with Crippen LogP contribution in [0.4, 0.5) is 5.69 Å². The predicted molar refractivity (Wildman–Crippen MR) is 93.6 cm³/mol. The molecule has 1 aromatic rings. The molecule has 1 aromatic carbocycles. The van der Waals surface area contributed by atoms with E-state index < -0.39 is 0 Å². The van der Waals surface area contributed by atoms with Crippen molar-refractivity contribution in [2.75, 3.05) is 6.54 Å². The number of nitrogens with one attached hydrogen (secondary N) is 1. The number of unbranched alkanes of at least 4 members (excludes halogenated alkanes) is 1. The third-order valence-electron chi connectivity index (χ3n) is 3.41. The highest BCUT2D eigenvalue weighted by Gasteiger charge is 2.07. The lowest BCUT2D eigenvalue weighted by molar-refractivity contribution is 0.445. The largest absolute Gasteiger partial charge is 0.354 e. The van der Waals surface area contributed by atoms with Gasteiger partial charge in [0, 0.05) is 12.3 Å². The molecule has 0 fully saturated rings. The zero-order chi connectivity index (χ0) is 15.5. The van der Waals surface area contributed by atoms with Gasteiger partial charge in [-0.3, -0.25) is 0 Å². The van der Waals surface area contributed by atoms with Crippen LogP contribution in [0.2, 0.25) is 0 Å². The minimum absolute atomic E-state index is 0.693. The molecule has 0 aliphatic carbocycles. The molecule has 0 bridgehead atoms. The van der Waals surface area contributed by atoms with Crippen LogP contribution in [0.25, 0.3) is 0 Å². The number of rotatable bonds is 7. The molecule has 3 heteroatoms. The number of nitrogens with zero attached hydrogens (tertiary/aromatic N) is 2. The van der Waals surface area contributed by atoms with E-state index >= 15 is 0 Å². The first-order chi connectivity index (χ1) is 10.2. The molecule has 0 aromatic heterocycles. The third kappa shape index (κ3) is 7.64. The van der Waals surface area contributed by atoms with E-state index in [9.17, 15) is 0 Å². The van der Waals surface area contributed by atoms with Crippen molar-refractivity contribution in [3.63, 3.8) is 0 Å². The minimum Gasteiger partial charge on any atom is -0.354 e. The second kappa shape index (κ2) is 10.1. The van der Waals surface area contributed by atoms with Crippen molar-refractivity contribution < 1.29 is 0 Å². The van der Waals surface area contributed by atoms with E-state index in [0.29, 0.717) is 5.92 Å². The summed E-state index contributed by atoms with van der Waals surface area (Å²) >= 11 is 0. The Morgan fingerprint density at radius 2 is 1.86 bits per heavy atom. The molecule has 0 spiro atoms. The van der Waals surface area contributed by atoms with Gasteiger partial charge in [-0.2, -0.15) is 0 Å². The highest BCUT2D eigenvalue weighted by atomic mass is 15.1. The Morgan fingerprint density at radius 1 is 1.14 bits per heavy atom. The van der Waals surface area contributed by atoms with Crippen LogP contribution in [0.15, 0.2) is 40.3 Å². The molecule has 1 atom stereocenters. The summed E-state index contributed by atoms with van der Waals surface area (Å²) in [6.07, 6.45) is 5.02. The van der Waals surface area contributed by atoms with Gasteiger partial charge in [-0.05, 0) is 38.3 Å². The van der Waals surface area contributed by atoms with Crippen LogP contribution in [0.1, 0.15) is 53.4 Å². The molecule has 0 heterocycles. The van der Waals surface area contributed by atoms with Gasteiger partial charge in [0.1, 0.15) is 0 Å². The summed E-state index contributed by atoms with van der Waals surface area (Å²) in [6.45, 7) is 9.43. The molecule has 21 heavy (non-hydrogen) atoms. The first-order valence-electron chi connectivity index (χ1n) is 8.05. The molecule has 0 radical (unpaired) electrons. The fraction of sp³-hybridized carbons (Fsp3) is 0.556. The second-order valence-corrected chi connectivity index (χ2v) is 5.63. The van der Waals surface area contributed by atoms with Crippen molar-refractivity contribution in [1.29, 1.82) is 0 Å². The zero-order valence-corrected chi connectivity index (χ0v) is 13.9. The molecule has 0 saturated carbocycles. The summed E-state index contributed by atoms with van der Waals surface area (Å²) in [7, 11) is 0. The average Bonchev–Trinajstić information content (AvgIpc) is 2.47. The summed E-state index contributed by atoms with van der Waals surface area (Å²) in [5.74, 6) is 1.41. The Hall–Kier alpha value is -1.64. The third-order valence-corrected chi connectivity index (χ3v) is 3.41. The van der Waals surface area contributed by atoms with E-state index in [1.165, 1.54) is 25.7 Å². The van der Waals surface area contributed by atoms with E-state index in [0.717, 1.165) is 23.9 Å². The smallest absolute Gasteiger partial charge is 0.223 e. The summed E-state index contributed by atoms with van der Waals surface area (Å²) in [5, 5.41) is 3.42. The van der Waals surface area contributed by atoms with E-state index in [-0.39, 0.29) is 0 Å². The lowest BCUT2D eigenvalue weighted by atomic mass is 9.99. The van der Waals surface area contributed by atoms with E-state index in [1.807, 2.05) is 44.2 Å². The highest BCUT2D eigenvalue weighted by molar-refractivity contribution is 5.95. The van der Waals surface area contributed by atoms with Crippen molar-refractivity contribution in [2.45, 2.75) is 53.4 Å². The van der Waals surface area contributed by atoms with Crippen molar-refractivity contribution in [2.24, 2.45) is 15.9 Å². The van der Waals surface area contributed by atoms with Crippen LogP contribution >= 0.6 is 0 Å². The van der Waals surface area contributed by atoms with Crippen LogP contribution in [-0.4, -0.2) is 18.2 Å². The van der Waals surface area contributed by atoms with Gasteiger partial charge in [0.2, 0.25) is 5.96 Å². The number of hydrogen-bond acceptors (Lipinski definition) is 1. The Balaban J connectivity index is 2.71. The standard InChI is InChI=1S/C18H29N3/c1-5-7-11-16(6-2)14-19-18(20-15(3)4)21-17-12-9-8-10-13-17/h8-10,12-13,16H,5-7,11,14H2,1-4H3,(H,19,21). The van der Waals surface area contributed by atoms with Crippen LogP contribution < -0.4 is 5.32 Å². The van der Waals surface area contributed by atoms with Crippen LogP contribution in [-0.2, 0) is 0 Å². The Bertz CT molecular complexity index is 445. The quantitative estimate of drug-likeness (QED) is 0.558. The Kier molecular flexibility index (Phi) is 8.41. The van der Waals surface area contributed by atoms with Crippen molar-refractivity contribution in [1.82, 2.24) is 5.32 Å². The van der Waals surface area contributed by atoms with Gasteiger partial charge in [-0.25, -0.2) is 9.98 Å². The zero-order valence-electron chi connectivity index (χ0n) is 13.9. The average molecular weight is 287 g/mol. The van der Waals surface area contributed by atoms with Crippen LogP contribution in [0.3, 0.4) is 0 Å². The summed E-state index contributed by atoms with van der Waals surface area (Å²) in [6, 6.07) is 9.98. The van der Waals surface area contributed by atoms with Crippen molar-refractivity contribution >= 4 is 17.4 Å². The van der Waals surface area contributed by atoms with Gasteiger partial charge < -0.3 is 5.32 Å². The van der Waals surface area contributed by atoms with Crippen LogP contribution in [0.5, 0.6) is 0 Å². The Labute approximate surface area is 129 Å². The molecule has 0 aliphatic heterocycles. The number of benzene rings is 1. The normalized spacial score (nSPS) is 12.9. The number of hydrogen-bond donors (Lipinski definition) is 1. The predicted octanol–water partition coefficient (Wildman–Crippen LogP) is 4.96. The number of aliphatic imine (C=N–C) groups is 2. The molecular weight excluding hydrogens is 258 g/mol. The van der Waals surface area contributed by atoms with Crippen LogP contribution in [0, 0.1) is 5.92 Å². The van der Waals surface area contributed by atoms with Crippen molar-refractivity contribution in [3.8, 4) is 0 Å². The molecule has 0 aliphatic rings. The van der Waals surface area contributed by atoms with E-state index in [2.05, 4.69) is 29.1 Å². The van der Waals surface area contributed by atoms with Gasteiger partial charge in [-0.15, -0.1) is 0 Å². The summed E-state index contributed by atoms with van der Waals surface area (Å²) in [5.41, 5.74) is 1.95. The topological polar surface area (TPSA) is 36.8 Å². The first-order valence-corrected chi connectivity index (χ1v) is 8.05. The Morgan fingerprint density at radius 3 is 2.43 bits per heavy atom. The fourth-order valence-corrected chi connectivity index (χ4v) is 2.12. The van der Waals surface area contributed by atoms with Gasteiger partial charge >= 0.3 is 0 Å².